The van der Waals surface area contributed by atoms with E-state index in [4.69, 9.17) is 9.84 Å². The molecule has 1 amide bonds. The Morgan fingerprint density at radius 1 is 1.37 bits per heavy atom. The van der Waals surface area contributed by atoms with Crippen LogP contribution in [0.1, 0.15) is 34.7 Å². The number of hydrogen-bond acceptors (Lipinski definition) is 4. The smallest absolute Gasteiger partial charge is 0.354 e. The molecule has 0 aliphatic rings. The van der Waals surface area contributed by atoms with Crippen molar-refractivity contribution in [3.63, 3.8) is 0 Å². The number of pyridine rings is 1. The minimum atomic E-state index is -1.11. The minimum absolute atomic E-state index is 0.0751. The van der Waals surface area contributed by atoms with Gasteiger partial charge in [-0.3, -0.25) is 4.79 Å². The largest absolute Gasteiger partial charge is 0.477 e. The second-order valence-electron chi connectivity index (χ2n) is 3.82. The number of ether oxygens (including phenoxy) is 1. The van der Waals surface area contributed by atoms with Crippen molar-refractivity contribution >= 4 is 11.9 Å². The number of nitrogens with zero attached hydrogens (tertiary/aromatic N) is 2. The summed E-state index contributed by atoms with van der Waals surface area (Å²) < 4.78 is 5.22. The van der Waals surface area contributed by atoms with Crippen molar-refractivity contribution in [2.45, 2.75) is 13.8 Å². The first kappa shape index (κ1) is 15.1. The van der Waals surface area contributed by atoms with E-state index in [0.29, 0.717) is 31.9 Å². The lowest BCUT2D eigenvalue weighted by molar-refractivity contribution is 0.0662. The molecule has 1 aromatic rings. The van der Waals surface area contributed by atoms with E-state index in [2.05, 4.69) is 4.98 Å². The summed E-state index contributed by atoms with van der Waals surface area (Å²) in [5, 5.41) is 8.74. The van der Waals surface area contributed by atoms with Crippen LogP contribution in [0.5, 0.6) is 0 Å². The molecule has 0 spiro atoms. The molecule has 1 aromatic heterocycles. The van der Waals surface area contributed by atoms with Crippen LogP contribution in [-0.2, 0) is 4.74 Å². The fourth-order valence-electron chi connectivity index (χ4n) is 1.55. The predicted molar refractivity (Wildman–Crippen MR) is 69.3 cm³/mol. The number of carbonyl (C=O) groups excluding carboxylic acids is 1. The van der Waals surface area contributed by atoms with Gasteiger partial charge in [-0.2, -0.15) is 0 Å². The van der Waals surface area contributed by atoms with Crippen molar-refractivity contribution in [3.05, 3.63) is 29.6 Å². The first-order valence-electron chi connectivity index (χ1n) is 6.16. The Kier molecular flexibility index (Phi) is 5.95. The Morgan fingerprint density at radius 2 is 2.11 bits per heavy atom. The Hall–Kier alpha value is -1.95. The van der Waals surface area contributed by atoms with Crippen molar-refractivity contribution in [1.29, 1.82) is 0 Å². The maximum atomic E-state index is 12.1. The van der Waals surface area contributed by atoms with E-state index in [0.717, 1.165) is 0 Å². The molecule has 0 atom stereocenters. The Morgan fingerprint density at radius 3 is 2.58 bits per heavy atom. The number of aromatic nitrogens is 1. The van der Waals surface area contributed by atoms with Crippen LogP contribution in [0.4, 0.5) is 0 Å². The van der Waals surface area contributed by atoms with Gasteiger partial charge in [-0.25, -0.2) is 9.78 Å². The highest BCUT2D eigenvalue weighted by Gasteiger charge is 2.15. The van der Waals surface area contributed by atoms with Crippen LogP contribution in [0, 0.1) is 0 Å². The third-order valence-electron chi connectivity index (χ3n) is 2.61. The Labute approximate surface area is 112 Å². The van der Waals surface area contributed by atoms with Crippen LogP contribution in [0.25, 0.3) is 0 Å². The molecule has 104 valence electrons. The van der Waals surface area contributed by atoms with Gasteiger partial charge >= 0.3 is 5.97 Å². The fraction of sp³-hybridized carbons (Fsp3) is 0.462. The number of carbonyl (C=O) groups is 2. The highest BCUT2D eigenvalue weighted by molar-refractivity contribution is 5.94. The zero-order chi connectivity index (χ0) is 14.3. The van der Waals surface area contributed by atoms with Gasteiger partial charge in [0.2, 0.25) is 0 Å². The molecule has 0 aliphatic heterocycles. The molecule has 6 heteroatoms. The van der Waals surface area contributed by atoms with Gasteiger partial charge in [-0.15, -0.1) is 0 Å². The van der Waals surface area contributed by atoms with E-state index in [1.165, 1.54) is 18.3 Å². The molecule has 0 bridgehead atoms. The maximum Gasteiger partial charge on any atom is 0.354 e. The average molecular weight is 266 g/mol. The van der Waals surface area contributed by atoms with Crippen LogP contribution in [-0.4, -0.2) is 53.2 Å². The van der Waals surface area contributed by atoms with Gasteiger partial charge in [0, 0.05) is 25.9 Å². The second kappa shape index (κ2) is 7.48. The normalized spacial score (nSPS) is 10.2. The van der Waals surface area contributed by atoms with Crippen LogP contribution < -0.4 is 0 Å². The van der Waals surface area contributed by atoms with Crippen LogP contribution in [0.2, 0.25) is 0 Å². The van der Waals surface area contributed by atoms with Crippen molar-refractivity contribution in [2.75, 3.05) is 26.3 Å². The summed E-state index contributed by atoms with van der Waals surface area (Å²) in [5.41, 5.74) is 0.303. The van der Waals surface area contributed by atoms with Crippen molar-refractivity contribution in [1.82, 2.24) is 9.88 Å². The summed E-state index contributed by atoms with van der Waals surface area (Å²) in [7, 11) is 0. The van der Waals surface area contributed by atoms with Gasteiger partial charge in [0.1, 0.15) is 5.69 Å². The molecule has 1 N–H and O–H groups in total. The van der Waals surface area contributed by atoms with E-state index < -0.39 is 5.97 Å². The summed E-state index contributed by atoms with van der Waals surface area (Å²) in [6.07, 6.45) is 1.29. The lowest BCUT2D eigenvalue weighted by atomic mass is 10.2. The number of carboxylic acid groups (broad SMARTS) is 1. The molecule has 6 nitrogen and oxygen atoms in total. The summed E-state index contributed by atoms with van der Waals surface area (Å²) in [6.45, 7) is 5.93. The highest BCUT2D eigenvalue weighted by atomic mass is 16.5. The third kappa shape index (κ3) is 4.33. The SMILES string of the molecule is CCOCCN(CC)C(=O)c1ccc(C(=O)O)nc1. The zero-order valence-corrected chi connectivity index (χ0v) is 11.1. The van der Waals surface area contributed by atoms with Crippen LogP contribution >= 0.6 is 0 Å². The number of rotatable bonds is 7. The number of likely N-dealkylation sites (N-methyl/N-ethyl adjacent to an activating group) is 1. The molecule has 0 aliphatic carbocycles. The van der Waals surface area contributed by atoms with Gasteiger partial charge < -0.3 is 14.7 Å². The molecule has 0 unspecified atom stereocenters. The molecule has 1 rings (SSSR count). The number of carboxylic acids is 1. The molecule has 0 aromatic carbocycles. The first-order chi connectivity index (χ1) is 9.10. The molecule has 19 heavy (non-hydrogen) atoms. The van der Waals surface area contributed by atoms with Crippen LogP contribution in [0.15, 0.2) is 18.3 Å². The zero-order valence-electron chi connectivity index (χ0n) is 11.1. The second-order valence-corrected chi connectivity index (χ2v) is 3.82. The summed E-state index contributed by atoms with van der Waals surface area (Å²) in [6, 6.07) is 2.80. The van der Waals surface area contributed by atoms with Crippen molar-refractivity contribution in [3.8, 4) is 0 Å². The topological polar surface area (TPSA) is 79.7 Å². The first-order valence-corrected chi connectivity index (χ1v) is 6.16. The van der Waals surface area contributed by atoms with Gasteiger partial charge in [0.25, 0.3) is 5.91 Å². The fourth-order valence-corrected chi connectivity index (χ4v) is 1.55. The van der Waals surface area contributed by atoms with Gasteiger partial charge in [0.15, 0.2) is 0 Å². The molecule has 0 saturated heterocycles. The maximum absolute atomic E-state index is 12.1. The molecule has 1 heterocycles. The van der Waals surface area contributed by atoms with Gasteiger partial charge in [-0.1, -0.05) is 0 Å². The van der Waals surface area contributed by atoms with E-state index >= 15 is 0 Å². The van der Waals surface area contributed by atoms with Gasteiger partial charge in [-0.05, 0) is 26.0 Å². The molecule has 0 radical (unpaired) electrons. The van der Waals surface area contributed by atoms with Crippen molar-refractivity contribution < 1.29 is 19.4 Å². The van der Waals surface area contributed by atoms with E-state index in [1.54, 1.807) is 4.90 Å². The summed E-state index contributed by atoms with van der Waals surface area (Å²) in [4.78, 5) is 28.2. The average Bonchev–Trinajstić information content (AvgIpc) is 2.43. The van der Waals surface area contributed by atoms with E-state index in [-0.39, 0.29) is 11.6 Å². The molecule has 0 fully saturated rings. The monoisotopic (exact) mass is 266 g/mol. The summed E-state index contributed by atoms with van der Waals surface area (Å²) >= 11 is 0. The van der Waals surface area contributed by atoms with Crippen LogP contribution in [0.3, 0.4) is 0 Å². The molecular formula is C13H18N2O4. The minimum Gasteiger partial charge on any atom is -0.477 e. The van der Waals surface area contributed by atoms with Crippen molar-refractivity contribution in [2.24, 2.45) is 0 Å². The Bertz CT molecular complexity index is 431. The summed E-state index contributed by atoms with van der Waals surface area (Å²) in [5.74, 6) is -1.28. The number of aromatic carboxylic acids is 1. The van der Waals surface area contributed by atoms with E-state index in [1.807, 2.05) is 13.8 Å². The molecule has 0 saturated carbocycles. The van der Waals surface area contributed by atoms with Gasteiger partial charge in [0.05, 0.1) is 12.2 Å². The third-order valence-corrected chi connectivity index (χ3v) is 2.61. The number of amides is 1. The molecular weight excluding hydrogens is 248 g/mol. The number of hydrogen-bond donors (Lipinski definition) is 1. The lowest BCUT2D eigenvalue weighted by Gasteiger charge is -2.20. The highest BCUT2D eigenvalue weighted by Crippen LogP contribution is 2.05. The van der Waals surface area contributed by atoms with E-state index in [9.17, 15) is 9.59 Å². The standard InChI is InChI=1S/C13H18N2O4/c1-3-15(7-8-19-4-2)12(16)10-5-6-11(13(17)18)14-9-10/h5-6,9H,3-4,7-8H2,1-2H3,(H,17,18). The lowest BCUT2D eigenvalue weighted by Crippen LogP contribution is -2.34. The quantitative estimate of drug-likeness (QED) is 0.752. The Balaban J connectivity index is 2.71. The predicted octanol–water partition coefficient (Wildman–Crippen LogP) is 1.28.